The highest BCUT2D eigenvalue weighted by Gasteiger charge is 2.39. The third-order valence-corrected chi connectivity index (χ3v) is 6.02. The molecule has 1 amide bonds. The number of benzene rings is 2. The zero-order valence-corrected chi connectivity index (χ0v) is 19.8. The second-order valence-electron chi connectivity index (χ2n) is 8.54. The Morgan fingerprint density at radius 2 is 1.71 bits per heavy atom. The number of hydrogen-bond donors (Lipinski definition) is 1. The summed E-state index contributed by atoms with van der Waals surface area (Å²) in [6.45, 7) is 3.14. The number of alkyl halides is 3. The van der Waals surface area contributed by atoms with E-state index in [9.17, 15) is 23.1 Å². The van der Waals surface area contributed by atoms with Crippen LogP contribution in [-0.4, -0.2) is 39.9 Å². The number of ether oxygens (including phenoxy) is 1. The van der Waals surface area contributed by atoms with Crippen molar-refractivity contribution in [3.8, 4) is 17.0 Å². The second kappa shape index (κ2) is 10.1. The summed E-state index contributed by atoms with van der Waals surface area (Å²) in [5, 5.41) is 9.74. The fraction of sp³-hybridized carbons (Fsp3) is 0.320. The van der Waals surface area contributed by atoms with Crippen LogP contribution in [0.2, 0.25) is 5.02 Å². The minimum atomic E-state index is -4.69. The van der Waals surface area contributed by atoms with Gasteiger partial charge < -0.3 is 19.3 Å². The lowest BCUT2D eigenvalue weighted by Crippen LogP contribution is -2.47. The summed E-state index contributed by atoms with van der Waals surface area (Å²) < 4.78 is 48.9. The molecule has 3 aromatic rings. The molecule has 0 radical (unpaired) electrons. The molecule has 1 aromatic heterocycles. The Hall–Kier alpha value is -2.97. The highest BCUT2D eigenvalue weighted by molar-refractivity contribution is 6.30. The fourth-order valence-corrected chi connectivity index (χ4v) is 3.60. The van der Waals surface area contributed by atoms with Gasteiger partial charge in [0.15, 0.2) is 0 Å². The molecule has 0 aliphatic heterocycles. The molecule has 0 spiro atoms. The van der Waals surface area contributed by atoms with Gasteiger partial charge in [-0.05, 0) is 49.6 Å². The van der Waals surface area contributed by atoms with Gasteiger partial charge in [-0.15, -0.1) is 0 Å². The molecular weight excluding hydrogens is 469 g/mol. The van der Waals surface area contributed by atoms with Gasteiger partial charge in [0.2, 0.25) is 5.88 Å². The topological polar surface area (TPSA) is 54.7 Å². The summed E-state index contributed by atoms with van der Waals surface area (Å²) in [5.41, 5.74) is -0.585. The van der Waals surface area contributed by atoms with Gasteiger partial charge in [0.1, 0.15) is 5.69 Å². The molecule has 1 N–H and O–H groups in total. The molecule has 5 nitrogen and oxygen atoms in total. The summed E-state index contributed by atoms with van der Waals surface area (Å²) in [7, 11) is 1.48. The van der Waals surface area contributed by atoms with Crippen LogP contribution >= 0.6 is 11.6 Å². The Bertz CT molecular complexity index is 1130. The number of hydrogen-bond acceptors (Lipinski definition) is 3. The van der Waals surface area contributed by atoms with Crippen molar-refractivity contribution < 1.29 is 27.8 Å². The first kappa shape index (κ1) is 25.6. The van der Waals surface area contributed by atoms with Gasteiger partial charge in [-0.3, -0.25) is 0 Å². The molecule has 2 aromatic carbocycles. The van der Waals surface area contributed by atoms with Crippen molar-refractivity contribution in [3.05, 3.63) is 76.9 Å². The number of aliphatic hydroxyl groups is 1. The Labute approximate surface area is 201 Å². The average molecular weight is 495 g/mol. The number of aromatic nitrogens is 1. The third kappa shape index (κ3) is 5.74. The van der Waals surface area contributed by atoms with Crippen LogP contribution in [0.1, 0.15) is 31.5 Å². The van der Waals surface area contributed by atoms with Crippen molar-refractivity contribution in [2.75, 3.05) is 13.7 Å². The molecule has 0 fully saturated rings. The van der Waals surface area contributed by atoms with E-state index in [2.05, 4.69) is 0 Å². The molecule has 0 atom stereocenters. The molecular formula is C25H26ClF3N2O3. The van der Waals surface area contributed by atoms with E-state index in [-0.39, 0.29) is 31.0 Å². The summed E-state index contributed by atoms with van der Waals surface area (Å²) in [5.74, 6) is -0.227. The lowest BCUT2D eigenvalue weighted by molar-refractivity contribution is -0.143. The minimum absolute atomic E-state index is 0.113. The van der Waals surface area contributed by atoms with Crippen molar-refractivity contribution >= 4 is 17.7 Å². The van der Waals surface area contributed by atoms with Crippen molar-refractivity contribution in [3.63, 3.8) is 0 Å². The van der Waals surface area contributed by atoms with Crippen molar-refractivity contribution in [1.29, 1.82) is 0 Å². The maximum absolute atomic E-state index is 14.1. The van der Waals surface area contributed by atoms with E-state index in [1.165, 1.54) is 11.9 Å². The zero-order valence-electron chi connectivity index (χ0n) is 19.1. The van der Waals surface area contributed by atoms with Gasteiger partial charge in [0.25, 0.3) is 0 Å². The monoisotopic (exact) mass is 494 g/mol. The van der Waals surface area contributed by atoms with Crippen LogP contribution in [0.15, 0.2) is 60.7 Å². The van der Waals surface area contributed by atoms with Crippen LogP contribution in [0, 0.1) is 0 Å². The van der Waals surface area contributed by atoms with Gasteiger partial charge in [0.05, 0.1) is 6.54 Å². The van der Waals surface area contributed by atoms with Crippen molar-refractivity contribution in [2.24, 2.45) is 0 Å². The average Bonchev–Trinajstić information content (AvgIpc) is 3.12. The summed E-state index contributed by atoms with van der Waals surface area (Å²) in [6, 6.07) is 15.8. The van der Waals surface area contributed by atoms with E-state index in [1.54, 1.807) is 68.4 Å². The molecule has 0 aliphatic carbocycles. The predicted octanol–water partition coefficient (Wildman–Crippen LogP) is 6.47. The lowest BCUT2D eigenvalue weighted by Gasteiger charge is -2.34. The standard InChI is InChI=1S/C25H26ClF3N2O3/c1-24(2,13-14-32)30(3)23(33)34-22-20(18-9-11-19(26)12-10-18)15-21(25(27,28)29)31(22)16-17-7-5-4-6-8-17/h4-12,15,32H,13-14,16H2,1-3H3. The van der Waals surface area contributed by atoms with E-state index >= 15 is 0 Å². The maximum Gasteiger partial charge on any atom is 0.431 e. The molecule has 0 aliphatic rings. The summed E-state index contributed by atoms with van der Waals surface area (Å²) >= 11 is 5.96. The van der Waals surface area contributed by atoms with Gasteiger partial charge in [0, 0.05) is 29.8 Å². The highest BCUT2D eigenvalue weighted by atomic mass is 35.5. The van der Waals surface area contributed by atoms with Crippen LogP contribution in [-0.2, 0) is 12.7 Å². The molecule has 1 heterocycles. The van der Waals surface area contributed by atoms with Crippen molar-refractivity contribution in [1.82, 2.24) is 9.47 Å². The number of amides is 1. The number of carbonyl (C=O) groups excluding carboxylic acids is 1. The van der Waals surface area contributed by atoms with Crippen LogP contribution < -0.4 is 4.74 Å². The van der Waals surface area contributed by atoms with Gasteiger partial charge in [-0.25, -0.2) is 4.79 Å². The van der Waals surface area contributed by atoms with E-state index in [1.807, 2.05) is 0 Å². The second-order valence-corrected chi connectivity index (χ2v) is 8.97. The SMILES string of the molecule is CN(C(=O)Oc1c(-c2ccc(Cl)cc2)cc(C(F)(F)F)n1Cc1ccccc1)C(C)(C)CCO. The molecule has 3 rings (SSSR count). The van der Waals surface area contributed by atoms with Gasteiger partial charge >= 0.3 is 12.3 Å². The summed E-state index contributed by atoms with van der Waals surface area (Å²) in [6.07, 6.45) is -5.26. The fourth-order valence-electron chi connectivity index (χ4n) is 3.47. The Kier molecular flexibility index (Phi) is 7.63. The molecule has 182 valence electrons. The van der Waals surface area contributed by atoms with E-state index in [0.29, 0.717) is 16.1 Å². The third-order valence-electron chi connectivity index (χ3n) is 5.77. The molecule has 0 saturated heterocycles. The van der Waals surface area contributed by atoms with Crippen LogP contribution in [0.3, 0.4) is 0 Å². The zero-order chi connectivity index (χ0) is 25.1. The predicted molar refractivity (Wildman–Crippen MR) is 125 cm³/mol. The van der Waals surface area contributed by atoms with E-state index < -0.39 is 23.5 Å². The first-order valence-corrected chi connectivity index (χ1v) is 11.0. The number of nitrogens with zero attached hydrogens (tertiary/aromatic N) is 2. The first-order valence-electron chi connectivity index (χ1n) is 10.6. The van der Waals surface area contributed by atoms with Crippen LogP contribution in [0.4, 0.5) is 18.0 Å². The van der Waals surface area contributed by atoms with Crippen LogP contribution in [0.25, 0.3) is 11.1 Å². The molecule has 0 bridgehead atoms. The van der Waals surface area contributed by atoms with Gasteiger partial charge in [-0.1, -0.05) is 54.1 Å². The Morgan fingerprint density at radius 3 is 2.26 bits per heavy atom. The molecule has 0 saturated carbocycles. The summed E-state index contributed by atoms with van der Waals surface area (Å²) in [4.78, 5) is 14.3. The number of halogens is 4. The van der Waals surface area contributed by atoms with E-state index in [0.717, 1.165) is 10.6 Å². The molecule has 34 heavy (non-hydrogen) atoms. The lowest BCUT2D eigenvalue weighted by atomic mass is 10.00. The Balaban J connectivity index is 2.16. The maximum atomic E-state index is 14.1. The highest BCUT2D eigenvalue weighted by Crippen LogP contribution is 2.42. The van der Waals surface area contributed by atoms with Crippen molar-refractivity contribution in [2.45, 2.75) is 38.5 Å². The van der Waals surface area contributed by atoms with Crippen LogP contribution in [0.5, 0.6) is 5.88 Å². The quantitative estimate of drug-likeness (QED) is 0.409. The minimum Gasteiger partial charge on any atom is -0.396 e. The number of aliphatic hydroxyl groups excluding tert-OH is 1. The molecule has 0 unspecified atom stereocenters. The number of carbonyl (C=O) groups is 1. The normalized spacial score (nSPS) is 12.0. The smallest absolute Gasteiger partial charge is 0.396 e. The van der Waals surface area contributed by atoms with E-state index in [4.69, 9.17) is 16.3 Å². The molecule has 9 heteroatoms. The Morgan fingerprint density at radius 1 is 1.09 bits per heavy atom. The number of rotatable bonds is 7. The van der Waals surface area contributed by atoms with Gasteiger partial charge in [-0.2, -0.15) is 13.2 Å². The largest absolute Gasteiger partial charge is 0.431 e. The first-order chi connectivity index (χ1) is 15.9.